The molecule has 2 rings (SSSR count). The minimum Gasteiger partial charge on any atom is -0.477 e. The highest BCUT2D eigenvalue weighted by molar-refractivity contribution is 6.02. The number of Topliss-reactive ketones (excluding diaryl/α,β-unsaturated/α-hetero) is 1. The first-order valence-electron chi connectivity index (χ1n) is 5.88. The van der Waals surface area contributed by atoms with Gasteiger partial charge in [-0.2, -0.15) is 0 Å². The fourth-order valence-electron chi connectivity index (χ4n) is 2.63. The van der Waals surface area contributed by atoms with Gasteiger partial charge < -0.3 is 9.67 Å². The van der Waals surface area contributed by atoms with Crippen LogP contribution in [0.5, 0.6) is 0 Å². The molecule has 1 aliphatic carbocycles. The van der Waals surface area contributed by atoms with Crippen molar-refractivity contribution in [1.82, 2.24) is 4.57 Å². The number of ketones is 1. The van der Waals surface area contributed by atoms with Crippen LogP contribution in [0.25, 0.3) is 0 Å². The Balaban J connectivity index is 2.31. The Morgan fingerprint density at radius 3 is 2.41 bits per heavy atom. The Morgan fingerprint density at radius 2 is 1.94 bits per heavy atom. The van der Waals surface area contributed by atoms with Crippen LogP contribution in [-0.2, 0) is 7.05 Å². The molecule has 1 N–H and O–H groups in total. The van der Waals surface area contributed by atoms with Gasteiger partial charge in [-0.05, 0) is 18.9 Å². The Hall–Kier alpha value is -1.58. The molecule has 0 atom stereocenters. The summed E-state index contributed by atoms with van der Waals surface area (Å²) in [6, 6.07) is 1.48. The van der Waals surface area contributed by atoms with Gasteiger partial charge in [0.15, 0.2) is 5.78 Å². The Bertz CT molecular complexity index is 467. The van der Waals surface area contributed by atoms with Crippen molar-refractivity contribution in [2.45, 2.75) is 32.6 Å². The van der Waals surface area contributed by atoms with Crippen LogP contribution in [0.2, 0.25) is 0 Å². The van der Waals surface area contributed by atoms with E-state index in [1.807, 2.05) is 6.92 Å². The highest BCUT2D eigenvalue weighted by Crippen LogP contribution is 2.40. The van der Waals surface area contributed by atoms with Gasteiger partial charge in [0.1, 0.15) is 5.69 Å². The van der Waals surface area contributed by atoms with Crippen molar-refractivity contribution in [2.24, 2.45) is 12.5 Å². The zero-order valence-electron chi connectivity index (χ0n) is 10.2. The highest BCUT2D eigenvalue weighted by atomic mass is 16.4. The minimum absolute atomic E-state index is 0.0816. The lowest BCUT2D eigenvalue weighted by molar-refractivity contribution is 0.0686. The van der Waals surface area contributed by atoms with Crippen molar-refractivity contribution in [2.75, 3.05) is 0 Å². The number of carbonyl (C=O) groups excluding carboxylic acids is 1. The van der Waals surface area contributed by atoms with E-state index in [0.29, 0.717) is 5.56 Å². The number of carboxylic acids is 1. The van der Waals surface area contributed by atoms with Gasteiger partial charge in [0.25, 0.3) is 0 Å². The molecule has 1 aromatic heterocycles. The minimum atomic E-state index is -0.997. The number of aromatic carboxylic acids is 1. The summed E-state index contributed by atoms with van der Waals surface area (Å²) in [6.45, 7) is 1.98. The summed E-state index contributed by atoms with van der Waals surface area (Å²) in [5, 5.41) is 8.96. The summed E-state index contributed by atoms with van der Waals surface area (Å²) in [6.07, 6.45) is 5.60. The molecule has 0 saturated heterocycles. The second-order valence-corrected chi connectivity index (χ2v) is 5.13. The van der Waals surface area contributed by atoms with Crippen LogP contribution in [0, 0.1) is 5.41 Å². The first kappa shape index (κ1) is 11.9. The summed E-state index contributed by atoms with van der Waals surface area (Å²) in [5.74, 6) is -0.916. The van der Waals surface area contributed by atoms with E-state index in [9.17, 15) is 9.59 Å². The van der Waals surface area contributed by atoms with Crippen molar-refractivity contribution in [3.8, 4) is 0 Å². The highest BCUT2D eigenvalue weighted by Gasteiger charge is 2.37. The second-order valence-electron chi connectivity index (χ2n) is 5.13. The number of hydrogen-bond acceptors (Lipinski definition) is 2. The number of rotatable bonds is 3. The van der Waals surface area contributed by atoms with E-state index in [0.717, 1.165) is 25.7 Å². The molecule has 1 saturated carbocycles. The first-order valence-corrected chi connectivity index (χ1v) is 5.88. The average Bonchev–Trinajstić information content (AvgIpc) is 2.84. The zero-order valence-corrected chi connectivity index (χ0v) is 10.2. The normalized spacial score (nSPS) is 18.2. The van der Waals surface area contributed by atoms with Crippen molar-refractivity contribution < 1.29 is 14.7 Å². The van der Waals surface area contributed by atoms with Gasteiger partial charge in [-0.25, -0.2) is 4.79 Å². The molecule has 0 spiro atoms. The molecule has 0 aliphatic heterocycles. The second kappa shape index (κ2) is 4.02. The summed E-state index contributed by atoms with van der Waals surface area (Å²) in [7, 11) is 1.65. The molecular formula is C13H17NO3. The van der Waals surface area contributed by atoms with E-state index < -0.39 is 5.97 Å². The Morgan fingerprint density at radius 1 is 1.35 bits per heavy atom. The molecule has 4 nitrogen and oxygen atoms in total. The molecule has 0 unspecified atom stereocenters. The third-order valence-corrected chi connectivity index (χ3v) is 3.74. The molecule has 0 bridgehead atoms. The van der Waals surface area contributed by atoms with Gasteiger partial charge in [-0.3, -0.25) is 4.79 Å². The molecular weight excluding hydrogens is 218 g/mol. The lowest BCUT2D eigenvalue weighted by Gasteiger charge is -2.20. The van der Waals surface area contributed by atoms with Crippen molar-refractivity contribution in [3.05, 3.63) is 23.5 Å². The third-order valence-electron chi connectivity index (χ3n) is 3.74. The molecule has 17 heavy (non-hydrogen) atoms. The number of aryl methyl sites for hydroxylation is 1. The molecule has 0 radical (unpaired) electrons. The van der Waals surface area contributed by atoms with Gasteiger partial charge in [0.2, 0.25) is 0 Å². The standard InChI is InChI=1S/C13H17NO3/c1-13(5-3-4-6-13)11(15)9-7-10(12(16)17)14(2)8-9/h7-8H,3-6H2,1-2H3,(H,16,17). The largest absolute Gasteiger partial charge is 0.477 e. The van der Waals surface area contributed by atoms with E-state index in [-0.39, 0.29) is 16.9 Å². The van der Waals surface area contributed by atoms with Crippen LogP contribution in [0.4, 0.5) is 0 Å². The van der Waals surface area contributed by atoms with Crippen molar-refractivity contribution in [3.63, 3.8) is 0 Å². The summed E-state index contributed by atoms with van der Waals surface area (Å²) in [5.41, 5.74) is 0.390. The quantitative estimate of drug-likeness (QED) is 0.819. The van der Waals surface area contributed by atoms with Crippen molar-refractivity contribution in [1.29, 1.82) is 0 Å². The monoisotopic (exact) mass is 235 g/mol. The fourth-order valence-corrected chi connectivity index (χ4v) is 2.63. The van der Waals surface area contributed by atoms with Gasteiger partial charge in [-0.1, -0.05) is 19.8 Å². The smallest absolute Gasteiger partial charge is 0.352 e. The summed E-state index contributed by atoms with van der Waals surface area (Å²) < 4.78 is 1.49. The maximum atomic E-state index is 12.4. The predicted octanol–water partition coefficient (Wildman–Crippen LogP) is 2.49. The number of carbonyl (C=O) groups is 2. The van der Waals surface area contributed by atoms with Crippen LogP contribution in [0.3, 0.4) is 0 Å². The van der Waals surface area contributed by atoms with Crippen LogP contribution < -0.4 is 0 Å². The van der Waals surface area contributed by atoms with Gasteiger partial charge >= 0.3 is 5.97 Å². The van der Waals surface area contributed by atoms with Gasteiger partial charge in [-0.15, -0.1) is 0 Å². The zero-order chi connectivity index (χ0) is 12.6. The molecule has 1 aliphatic rings. The topological polar surface area (TPSA) is 59.3 Å². The molecule has 0 amide bonds. The fraction of sp³-hybridized carbons (Fsp3) is 0.538. The third kappa shape index (κ3) is 1.99. The van der Waals surface area contributed by atoms with Crippen LogP contribution >= 0.6 is 0 Å². The van der Waals surface area contributed by atoms with Crippen molar-refractivity contribution >= 4 is 11.8 Å². The van der Waals surface area contributed by atoms with Gasteiger partial charge in [0, 0.05) is 24.2 Å². The number of aromatic nitrogens is 1. The van der Waals surface area contributed by atoms with Crippen LogP contribution in [0.15, 0.2) is 12.3 Å². The summed E-state index contributed by atoms with van der Waals surface area (Å²) >= 11 is 0. The van der Waals surface area contributed by atoms with E-state index in [1.165, 1.54) is 10.6 Å². The molecule has 4 heteroatoms. The average molecular weight is 235 g/mol. The lowest BCUT2D eigenvalue weighted by Crippen LogP contribution is -2.23. The first-order chi connectivity index (χ1) is 7.94. The summed E-state index contributed by atoms with van der Waals surface area (Å²) in [4.78, 5) is 23.3. The SMILES string of the molecule is Cn1cc(C(=O)C2(C)CCCC2)cc1C(=O)O. The van der Waals surface area contributed by atoms with Crippen LogP contribution in [-0.4, -0.2) is 21.4 Å². The van der Waals surface area contributed by atoms with E-state index in [1.54, 1.807) is 13.2 Å². The lowest BCUT2D eigenvalue weighted by atomic mass is 9.81. The molecule has 1 aromatic rings. The van der Waals surface area contributed by atoms with Gasteiger partial charge in [0.05, 0.1) is 0 Å². The molecule has 92 valence electrons. The molecule has 1 heterocycles. The maximum Gasteiger partial charge on any atom is 0.352 e. The molecule has 0 aromatic carbocycles. The predicted molar refractivity (Wildman–Crippen MR) is 63.3 cm³/mol. The van der Waals surface area contributed by atoms with E-state index >= 15 is 0 Å². The van der Waals surface area contributed by atoms with Crippen LogP contribution in [0.1, 0.15) is 53.5 Å². The Kier molecular flexibility index (Phi) is 2.81. The van der Waals surface area contributed by atoms with E-state index in [2.05, 4.69) is 0 Å². The maximum absolute atomic E-state index is 12.4. The number of carboxylic acid groups (broad SMARTS) is 1. The number of nitrogens with zero attached hydrogens (tertiary/aromatic N) is 1. The van der Waals surface area contributed by atoms with E-state index in [4.69, 9.17) is 5.11 Å². The number of hydrogen-bond donors (Lipinski definition) is 1. The Labute approximate surface area is 100 Å². The molecule has 1 fully saturated rings.